The molecule has 0 aliphatic carbocycles. The summed E-state index contributed by atoms with van der Waals surface area (Å²) < 4.78 is 2.16. The molecule has 0 unspecified atom stereocenters. The Balaban J connectivity index is 0.00000180. The Hall–Kier alpha value is -3.05. The number of nitrogens with zero attached hydrogens (tertiary/aromatic N) is 5. The number of hydrogen-bond donors (Lipinski definition) is 0. The van der Waals surface area contributed by atoms with Crippen LogP contribution in [0.5, 0.6) is 0 Å². The molecule has 6 heteroatoms. The summed E-state index contributed by atoms with van der Waals surface area (Å²) in [5.41, 5.74) is 5.10. The van der Waals surface area contributed by atoms with Crippen LogP contribution < -0.4 is 0 Å². The molecule has 0 bridgehead atoms. The average Bonchev–Trinajstić information content (AvgIpc) is 3.02. The standard InChI is InChI=1S/C21H17N5.ClH/c1-26-18-8-5-14-3-2-11-23-20(14)21(18)25-19(26)9-7-16-6-4-15-13-22-12-10-17(15)24-16;/h2-6,8,10-13H,7,9H2,1H3;1H. The predicted molar refractivity (Wildman–Crippen MR) is 110 cm³/mol. The van der Waals surface area contributed by atoms with E-state index in [4.69, 9.17) is 9.97 Å². The number of aryl methyl sites for hydroxylation is 3. The van der Waals surface area contributed by atoms with Gasteiger partial charge >= 0.3 is 0 Å². The number of rotatable bonds is 3. The van der Waals surface area contributed by atoms with E-state index in [1.807, 2.05) is 24.5 Å². The lowest BCUT2D eigenvalue weighted by molar-refractivity contribution is 0.778. The first-order chi connectivity index (χ1) is 12.8. The first kappa shape index (κ1) is 17.4. The summed E-state index contributed by atoms with van der Waals surface area (Å²) >= 11 is 0. The fourth-order valence-electron chi connectivity index (χ4n) is 3.45. The number of aromatic nitrogens is 5. The normalized spacial score (nSPS) is 11.1. The minimum atomic E-state index is 0. The molecule has 4 aromatic heterocycles. The Morgan fingerprint density at radius 1 is 0.852 bits per heavy atom. The van der Waals surface area contributed by atoms with Gasteiger partial charge in [0.2, 0.25) is 0 Å². The summed E-state index contributed by atoms with van der Waals surface area (Å²) in [5, 5.41) is 2.19. The summed E-state index contributed by atoms with van der Waals surface area (Å²) in [6, 6.07) is 14.4. The zero-order valence-corrected chi connectivity index (χ0v) is 15.6. The van der Waals surface area contributed by atoms with Crippen molar-refractivity contribution in [2.75, 3.05) is 0 Å². The smallest absolute Gasteiger partial charge is 0.115 e. The van der Waals surface area contributed by atoms with Gasteiger partial charge in [0, 0.05) is 48.5 Å². The lowest BCUT2D eigenvalue weighted by Gasteiger charge is -2.04. The lowest BCUT2D eigenvalue weighted by atomic mass is 10.2. The molecule has 1 aromatic carbocycles. The average molecular weight is 376 g/mol. The summed E-state index contributed by atoms with van der Waals surface area (Å²) in [5.74, 6) is 1.05. The molecule has 0 amide bonds. The van der Waals surface area contributed by atoms with Gasteiger partial charge in [0.1, 0.15) is 11.3 Å². The van der Waals surface area contributed by atoms with Crippen LogP contribution in [0.1, 0.15) is 11.5 Å². The summed E-state index contributed by atoms with van der Waals surface area (Å²) in [7, 11) is 2.07. The van der Waals surface area contributed by atoms with Gasteiger partial charge in [-0.15, -0.1) is 12.4 Å². The third-order valence-corrected chi connectivity index (χ3v) is 4.87. The molecule has 0 N–H and O–H groups in total. The fraction of sp³-hybridized carbons (Fsp3) is 0.143. The molecule has 27 heavy (non-hydrogen) atoms. The van der Waals surface area contributed by atoms with E-state index < -0.39 is 0 Å². The molecule has 5 nitrogen and oxygen atoms in total. The summed E-state index contributed by atoms with van der Waals surface area (Å²) in [6.07, 6.45) is 7.13. The molecule has 0 spiro atoms. The Bertz CT molecular complexity index is 1260. The van der Waals surface area contributed by atoms with Crippen molar-refractivity contribution >= 4 is 45.2 Å². The molecule has 0 fully saturated rings. The molecule has 0 atom stereocenters. The van der Waals surface area contributed by atoms with Gasteiger partial charge in [-0.05, 0) is 36.8 Å². The second kappa shape index (κ2) is 6.93. The van der Waals surface area contributed by atoms with Crippen molar-refractivity contribution in [1.29, 1.82) is 0 Å². The maximum Gasteiger partial charge on any atom is 0.115 e. The van der Waals surface area contributed by atoms with E-state index in [-0.39, 0.29) is 12.4 Å². The highest BCUT2D eigenvalue weighted by atomic mass is 35.5. The fourth-order valence-corrected chi connectivity index (χ4v) is 3.45. The van der Waals surface area contributed by atoms with Crippen LogP contribution in [0.25, 0.3) is 32.8 Å². The van der Waals surface area contributed by atoms with Gasteiger partial charge < -0.3 is 4.57 Å². The number of benzene rings is 1. The van der Waals surface area contributed by atoms with Gasteiger partial charge in [-0.1, -0.05) is 12.1 Å². The third-order valence-electron chi connectivity index (χ3n) is 4.87. The van der Waals surface area contributed by atoms with Crippen LogP contribution >= 0.6 is 12.4 Å². The molecule has 5 rings (SSSR count). The number of imidazole rings is 1. The topological polar surface area (TPSA) is 56.5 Å². The van der Waals surface area contributed by atoms with E-state index in [0.717, 1.165) is 57.2 Å². The van der Waals surface area contributed by atoms with E-state index in [0.29, 0.717) is 0 Å². The van der Waals surface area contributed by atoms with Crippen molar-refractivity contribution in [1.82, 2.24) is 24.5 Å². The van der Waals surface area contributed by atoms with E-state index in [1.54, 1.807) is 6.20 Å². The van der Waals surface area contributed by atoms with Crippen LogP contribution in [-0.2, 0) is 19.9 Å². The Morgan fingerprint density at radius 2 is 1.74 bits per heavy atom. The summed E-state index contributed by atoms with van der Waals surface area (Å²) in [4.78, 5) is 18.3. The second-order valence-electron chi connectivity index (χ2n) is 6.47. The van der Waals surface area contributed by atoms with E-state index in [2.05, 4.69) is 51.9 Å². The van der Waals surface area contributed by atoms with Crippen molar-refractivity contribution in [3.05, 3.63) is 72.6 Å². The van der Waals surface area contributed by atoms with Crippen LogP contribution in [-0.4, -0.2) is 24.5 Å². The monoisotopic (exact) mass is 375 g/mol. The Morgan fingerprint density at radius 3 is 2.67 bits per heavy atom. The van der Waals surface area contributed by atoms with Crippen molar-refractivity contribution in [2.24, 2.45) is 7.05 Å². The largest absolute Gasteiger partial charge is 0.331 e. The molecule has 0 aliphatic rings. The SMILES string of the molecule is Cl.Cn1c(CCc2ccc3cnccc3n2)nc2c3ncccc3ccc21. The highest BCUT2D eigenvalue weighted by Gasteiger charge is 2.11. The van der Waals surface area contributed by atoms with Crippen molar-refractivity contribution in [2.45, 2.75) is 12.8 Å². The predicted octanol–water partition coefficient (Wildman–Crippen LogP) is 4.27. The molecule has 0 radical (unpaired) electrons. The number of hydrogen-bond acceptors (Lipinski definition) is 4. The number of pyridine rings is 3. The van der Waals surface area contributed by atoms with E-state index >= 15 is 0 Å². The number of halogens is 1. The summed E-state index contributed by atoms with van der Waals surface area (Å²) in [6.45, 7) is 0. The van der Waals surface area contributed by atoms with Gasteiger partial charge in [-0.3, -0.25) is 15.0 Å². The zero-order valence-electron chi connectivity index (χ0n) is 14.8. The zero-order chi connectivity index (χ0) is 17.5. The van der Waals surface area contributed by atoms with E-state index in [1.165, 1.54) is 0 Å². The molecular formula is C21H18ClN5. The molecule has 5 aromatic rings. The van der Waals surface area contributed by atoms with Gasteiger partial charge in [0.25, 0.3) is 0 Å². The molecule has 134 valence electrons. The molecule has 0 saturated heterocycles. The Labute approximate surface area is 162 Å². The first-order valence-electron chi connectivity index (χ1n) is 8.68. The maximum atomic E-state index is 4.88. The molecule has 0 saturated carbocycles. The maximum absolute atomic E-state index is 4.88. The highest BCUT2D eigenvalue weighted by Crippen LogP contribution is 2.24. The molecular weight excluding hydrogens is 358 g/mol. The van der Waals surface area contributed by atoms with Crippen LogP contribution in [0.15, 0.2) is 61.1 Å². The first-order valence-corrected chi connectivity index (χ1v) is 8.68. The van der Waals surface area contributed by atoms with Crippen molar-refractivity contribution in [3.8, 4) is 0 Å². The van der Waals surface area contributed by atoms with Crippen LogP contribution in [0.4, 0.5) is 0 Å². The minimum Gasteiger partial charge on any atom is -0.331 e. The lowest BCUT2D eigenvalue weighted by Crippen LogP contribution is -2.01. The van der Waals surface area contributed by atoms with Gasteiger partial charge in [0.15, 0.2) is 0 Å². The molecule has 4 heterocycles. The quantitative estimate of drug-likeness (QED) is 0.472. The minimum absolute atomic E-state index is 0. The second-order valence-corrected chi connectivity index (χ2v) is 6.47. The number of fused-ring (bicyclic) bond motifs is 4. The van der Waals surface area contributed by atoms with E-state index in [9.17, 15) is 0 Å². The van der Waals surface area contributed by atoms with Gasteiger partial charge in [-0.25, -0.2) is 4.98 Å². The Kier molecular flexibility index (Phi) is 4.46. The van der Waals surface area contributed by atoms with Crippen molar-refractivity contribution < 1.29 is 0 Å². The molecule has 0 aliphatic heterocycles. The van der Waals surface area contributed by atoms with Gasteiger partial charge in [0.05, 0.1) is 16.6 Å². The van der Waals surface area contributed by atoms with Crippen LogP contribution in [0, 0.1) is 0 Å². The highest BCUT2D eigenvalue weighted by molar-refractivity contribution is 6.01. The van der Waals surface area contributed by atoms with Gasteiger partial charge in [-0.2, -0.15) is 0 Å². The van der Waals surface area contributed by atoms with Crippen LogP contribution in [0.3, 0.4) is 0 Å². The van der Waals surface area contributed by atoms with Crippen molar-refractivity contribution in [3.63, 3.8) is 0 Å². The third kappa shape index (κ3) is 3.00. The van der Waals surface area contributed by atoms with Crippen LogP contribution in [0.2, 0.25) is 0 Å².